The quantitative estimate of drug-likeness (QED) is 0.661. The van der Waals surface area contributed by atoms with Crippen LogP contribution >= 0.6 is 0 Å². The second-order valence-electron chi connectivity index (χ2n) is 4.71. The van der Waals surface area contributed by atoms with Crippen LogP contribution in [0.15, 0.2) is 30.3 Å². The van der Waals surface area contributed by atoms with Gasteiger partial charge in [-0.2, -0.15) is 0 Å². The molecule has 1 aromatic rings. The van der Waals surface area contributed by atoms with E-state index in [0.29, 0.717) is 6.42 Å². The number of hydrogen-bond donors (Lipinski definition) is 3. The van der Waals surface area contributed by atoms with Gasteiger partial charge in [0.15, 0.2) is 0 Å². The van der Waals surface area contributed by atoms with E-state index in [1.165, 1.54) is 0 Å². The van der Waals surface area contributed by atoms with E-state index in [4.69, 9.17) is 11.5 Å². The Hall–Kier alpha value is -1.88. The standard InChI is InChI=1S/C14H21N3O2/c1-10(9-13(16)18)17-14(19)12(15)8-7-11-5-3-2-4-6-11/h2-6,10,12H,7-9,15H2,1H3,(H2,16,18)(H,17,19)/t10?,12-/m0/s1. The fourth-order valence-electron chi connectivity index (χ4n) is 1.80. The van der Waals surface area contributed by atoms with E-state index in [1.54, 1.807) is 6.92 Å². The Morgan fingerprint density at radius 3 is 2.47 bits per heavy atom. The number of amides is 2. The predicted octanol–water partition coefficient (Wildman–Crippen LogP) is 0.327. The number of rotatable bonds is 7. The molecule has 5 nitrogen and oxygen atoms in total. The van der Waals surface area contributed by atoms with Gasteiger partial charge in [-0.15, -0.1) is 0 Å². The van der Waals surface area contributed by atoms with Gasteiger partial charge in [-0.1, -0.05) is 30.3 Å². The highest BCUT2D eigenvalue weighted by Gasteiger charge is 2.16. The largest absolute Gasteiger partial charge is 0.370 e. The number of aryl methyl sites for hydroxylation is 1. The zero-order valence-electron chi connectivity index (χ0n) is 11.1. The minimum atomic E-state index is -0.574. The van der Waals surface area contributed by atoms with E-state index < -0.39 is 11.9 Å². The predicted molar refractivity (Wildman–Crippen MR) is 74.2 cm³/mol. The molecular formula is C14H21N3O2. The molecular weight excluding hydrogens is 242 g/mol. The van der Waals surface area contributed by atoms with Crippen LogP contribution in [0.2, 0.25) is 0 Å². The maximum atomic E-state index is 11.8. The van der Waals surface area contributed by atoms with Crippen LogP contribution in [0.5, 0.6) is 0 Å². The summed E-state index contributed by atoms with van der Waals surface area (Å²) in [6.45, 7) is 1.73. The summed E-state index contributed by atoms with van der Waals surface area (Å²) < 4.78 is 0. The lowest BCUT2D eigenvalue weighted by Crippen LogP contribution is -2.45. The smallest absolute Gasteiger partial charge is 0.237 e. The van der Waals surface area contributed by atoms with E-state index in [9.17, 15) is 9.59 Å². The van der Waals surface area contributed by atoms with Crippen molar-refractivity contribution in [1.82, 2.24) is 5.32 Å². The van der Waals surface area contributed by atoms with Crippen molar-refractivity contribution in [3.63, 3.8) is 0 Å². The Morgan fingerprint density at radius 1 is 1.26 bits per heavy atom. The molecule has 104 valence electrons. The maximum Gasteiger partial charge on any atom is 0.237 e. The number of hydrogen-bond acceptors (Lipinski definition) is 3. The molecule has 0 aromatic heterocycles. The summed E-state index contributed by atoms with van der Waals surface area (Å²) in [4.78, 5) is 22.5. The van der Waals surface area contributed by atoms with Crippen LogP contribution in [0.4, 0.5) is 0 Å². The second-order valence-corrected chi connectivity index (χ2v) is 4.71. The number of nitrogens with one attached hydrogen (secondary N) is 1. The summed E-state index contributed by atoms with van der Waals surface area (Å²) in [6, 6.07) is 9.00. The van der Waals surface area contributed by atoms with E-state index >= 15 is 0 Å². The lowest BCUT2D eigenvalue weighted by molar-refractivity contribution is -0.123. The molecule has 0 saturated heterocycles. The lowest BCUT2D eigenvalue weighted by Gasteiger charge is -2.16. The SMILES string of the molecule is CC(CC(N)=O)NC(=O)[C@@H](N)CCc1ccccc1. The van der Waals surface area contributed by atoms with Gasteiger partial charge in [0, 0.05) is 12.5 Å². The van der Waals surface area contributed by atoms with Gasteiger partial charge >= 0.3 is 0 Å². The molecule has 19 heavy (non-hydrogen) atoms. The van der Waals surface area contributed by atoms with E-state index in [2.05, 4.69) is 5.32 Å². The Labute approximate surface area is 113 Å². The molecule has 1 aromatic carbocycles. The van der Waals surface area contributed by atoms with Crippen LogP contribution in [0.3, 0.4) is 0 Å². The summed E-state index contributed by atoms with van der Waals surface area (Å²) in [5.41, 5.74) is 12.0. The molecule has 0 saturated carbocycles. The number of carbonyl (C=O) groups is 2. The fraction of sp³-hybridized carbons (Fsp3) is 0.429. The van der Waals surface area contributed by atoms with Crippen molar-refractivity contribution in [3.05, 3.63) is 35.9 Å². The average molecular weight is 263 g/mol. The van der Waals surface area contributed by atoms with Crippen molar-refractivity contribution in [2.75, 3.05) is 0 Å². The zero-order chi connectivity index (χ0) is 14.3. The molecule has 2 atom stereocenters. The van der Waals surface area contributed by atoms with Crippen molar-refractivity contribution in [2.45, 2.75) is 38.3 Å². The van der Waals surface area contributed by atoms with Gasteiger partial charge in [0.05, 0.1) is 6.04 Å². The highest BCUT2D eigenvalue weighted by atomic mass is 16.2. The minimum absolute atomic E-state index is 0.122. The third kappa shape index (κ3) is 6.01. The Bertz CT molecular complexity index is 420. The highest BCUT2D eigenvalue weighted by Crippen LogP contribution is 2.04. The first kappa shape index (κ1) is 15.2. The van der Waals surface area contributed by atoms with Gasteiger partial charge in [0.2, 0.25) is 11.8 Å². The third-order valence-electron chi connectivity index (χ3n) is 2.82. The first-order valence-electron chi connectivity index (χ1n) is 6.37. The first-order valence-corrected chi connectivity index (χ1v) is 6.37. The van der Waals surface area contributed by atoms with E-state index in [0.717, 1.165) is 12.0 Å². The molecule has 5 N–H and O–H groups in total. The lowest BCUT2D eigenvalue weighted by atomic mass is 10.0. The molecule has 0 fully saturated rings. The number of nitrogens with two attached hydrogens (primary N) is 2. The molecule has 0 aliphatic heterocycles. The van der Waals surface area contributed by atoms with Crippen molar-refractivity contribution < 1.29 is 9.59 Å². The fourth-order valence-corrected chi connectivity index (χ4v) is 1.80. The molecule has 2 amide bonds. The Kier molecular flexibility index (Phi) is 6.02. The summed E-state index contributed by atoms with van der Waals surface area (Å²) in [5, 5.41) is 2.68. The normalized spacial score (nSPS) is 13.6. The first-order chi connectivity index (χ1) is 8.99. The van der Waals surface area contributed by atoms with Crippen LogP contribution in [0, 0.1) is 0 Å². The summed E-state index contributed by atoms with van der Waals surface area (Å²) in [5.74, 6) is -0.685. The molecule has 0 bridgehead atoms. The Balaban J connectivity index is 2.34. The Morgan fingerprint density at radius 2 is 1.89 bits per heavy atom. The minimum Gasteiger partial charge on any atom is -0.370 e. The van der Waals surface area contributed by atoms with Gasteiger partial charge < -0.3 is 16.8 Å². The van der Waals surface area contributed by atoms with Crippen molar-refractivity contribution >= 4 is 11.8 Å². The maximum absolute atomic E-state index is 11.8. The van der Waals surface area contributed by atoms with E-state index in [1.807, 2.05) is 30.3 Å². The molecule has 0 heterocycles. The summed E-state index contributed by atoms with van der Waals surface area (Å²) in [6.07, 6.45) is 1.44. The van der Waals surface area contributed by atoms with Gasteiger partial charge in [-0.25, -0.2) is 0 Å². The summed E-state index contributed by atoms with van der Waals surface area (Å²) >= 11 is 0. The molecule has 0 spiro atoms. The van der Waals surface area contributed by atoms with Crippen LogP contribution < -0.4 is 16.8 Å². The number of primary amides is 1. The van der Waals surface area contributed by atoms with Crippen molar-refractivity contribution in [1.29, 1.82) is 0 Å². The zero-order valence-corrected chi connectivity index (χ0v) is 11.1. The van der Waals surface area contributed by atoms with E-state index in [-0.39, 0.29) is 18.4 Å². The van der Waals surface area contributed by atoms with Gasteiger partial charge in [-0.05, 0) is 25.3 Å². The molecule has 1 rings (SSSR count). The van der Waals surface area contributed by atoms with Gasteiger partial charge in [0.1, 0.15) is 0 Å². The molecule has 5 heteroatoms. The monoisotopic (exact) mass is 263 g/mol. The van der Waals surface area contributed by atoms with Crippen LogP contribution in [0.25, 0.3) is 0 Å². The molecule has 1 unspecified atom stereocenters. The second kappa shape index (κ2) is 7.53. The van der Waals surface area contributed by atoms with Gasteiger partial charge in [-0.3, -0.25) is 9.59 Å². The topological polar surface area (TPSA) is 98.2 Å². The number of benzene rings is 1. The van der Waals surface area contributed by atoms with Crippen molar-refractivity contribution in [2.24, 2.45) is 11.5 Å². The molecule has 0 radical (unpaired) electrons. The molecule has 0 aliphatic rings. The van der Waals surface area contributed by atoms with Crippen LogP contribution in [0.1, 0.15) is 25.3 Å². The van der Waals surface area contributed by atoms with Crippen molar-refractivity contribution in [3.8, 4) is 0 Å². The average Bonchev–Trinajstić information content (AvgIpc) is 2.36. The van der Waals surface area contributed by atoms with Crippen LogP contribution in [-0.4, -0.2) is 23.9 Å². The summed E-state index contributed by atoms with van der Waals surface area (Å²) in [7, 11) is 0. The number of carbonyl (C=O) groups excluding carboxylic acids is 2. The van der Waals surface area contributed by atoms with Gasteiger partial charge in [0.25, 0.3) is 0 Å². The third-order valence-corrected chi connectivity index (χ3v) is 2.82. The van der Waals surface area contributed by atoms with Crippen LogP contribution in [-0.2, 0) is 16.0 Å². The molecule has 0 aliphatic carbocycles. The highest BCUT2D eigenvalue weighted by molar-refractivity contribution is 5.82.